The van der Waals surface area contributed by atoms with Gasteiger partial charge in [-0.25, -0.2) is 20.2 Å². The molecule has 0 spiro atoms. The van der Waals surface area contributed by atoms with Crippen LogP contribution < -0.4 is 10.4 Å². The second-order valence-corrected chi connectivity index (χ2v) is 3.89. The minimum Gasteiger partial charge on any atom is -0.432 e. The molecular weight excluding hydrogens is 210 g/mol. The number of hydroxylamine groups is 1. The number of urea groups is 1. The summed E-state index contributed by atoms with van der Waals surface area (Å²) in [4.78, 5) is 16.9. The van der Waals surface area contributed by atoms with Crippen molar-refractivity contribution in [3.05, 3.63) is 12.5 Å². The van der Waals surface area contributed by atoms with E-state index in [1.54, 1.807) is 5.48 Å². The lowest BCUT2D eigenvalue weighted by molar-refractivity contribution is 0.162. The number of anilines is 1. The van der Waals surface area contributed by atoms with E-state index in [2.05, 4.69) is 4.98 Å². The van der Waals surface area contributed by atoms with E-state index in [0.717, 1.165) is 25.7 Å². The standard InChI is InChI=1S/C10H15N3O3/c14-9(12-15)13(10-11-6-7-16-10)8-4-2-1-3-5-8/h6-8,15H,1-5H2,(H,12,14). The van der Waals surface area contributed by atoms with Gasteiger partial charge in [0.05, 0.1) is 6.20 Å². The van der Waals surface area contributed by atoms with Gasteiger partial charge in [0.15, 0.2) is 0 Å². The molecule has 0 aromatic carbocycles. The Morgan fingerprint density at radius 2 is 2.25 bits per heavy atom. The van der Waals surface area contributed by atoms with E-state index in [-0.39, 0.29) is 12.1 Å². The fraction of sp³-hybridized carbons (Fsp3) is 0.600. The van der Waals surface area contributed by atoms with Crippen molar-refractivity contribution in [3.8, 4) is 0 Å². The fourth-order valence-electron chi connectivity index (χ4n) is 2.14. The number of hydrogen-bond acceptors (Lipinski definition) is 4. The van der Waals surface area contributed by atoms with E-state index in [9.17, 15) is 4.79 Å². The summed E-state index contributed by atoms with van der Waals surface area (Å²) in [6, 6.07) is -0.299. The molecule has 2 amide bonds. The van der Waals surface area contributed by atoms with Gasteiger partial charge in [-0.15, -0.1) is 0 Å². The predicted molar refractivity (Wildman–Crippen MR) is 56.2 cm³/mol. The van der Waals surface area contributed by atoms with Gasteiger partial charge >= 0.3 is 12.0 Å². The zero-order valence-electron chi connectivity index (χ0n) is 8.93. The van der Waals surface area contributed by atoms with Crippen LogP contribution in [0.25, 0.3) is 0 Å². The third-order valence-corrected chi connectivity index (χ3v) is 2.88. The first kappa shape index (κ1) is 10.9. The highest BCUT2D eigenvalue weighted by molar-refractivity contribution is 5.89. The predicted octanol–water partition coefficient (Wildman–Crippen LogP) is 1.91. The van der Waals surface area contributed by atoms with Crippen LogP contribution in [0.5, 0.6) is 0 Å². The zero-order chi connectivity index (χ0) is 11.4. The van der Waals surface area contributed by atoms with Crippen molar-refractivity contribution in [2.45, 2.75) is 38.1 Å². The Morgan fingerprint density at radius 3 is 2.81 bits per heavy atom. The molecule has 1 aliphatic rings. The van der Waals surface area contributed by atoms with Crippen LogP contribution in [-0.2, 0) is 0 Å². The highest BCUT2D eigenvalue weighted by atomic mass is 16.5. The van der Waals surface area contributed by atoms with E-state index in [4.69, 9.17) is 9.62 Å². The molecule has 6 nitrogen and oxygen atoms in total. The summed E-state index contributed by atoms with van der Waals surface area (Å²) in [6.45, 7) is 0. The molecule has 88 valence electrons. The van der Waals surface area contributed by atoms with Crippen LogP contribution in [-0.4, -0.2) is 22.3 Å². The SMILES string of the molecule is O=C(NO)N(c1ncco1)C1CCCCC1. The van der Waals surface area contributed by atoms with Crippen molar-refractivity contribution in [2.24, 2.45) is 0 Å². The number of oxazole rings is 1. The van der Waals surface area contributed by atoms with Crippen LogP contribution in [0.15, 0.2) is 16.9 Å². The molecule has 1 aromatic heterocycles. The van der Waals surface area contributed by atoms with Gasteiger partial charge in [-0.3, -0.25) is 5.21 Å². The van der Waals surface area contributed by atoms with E-state index in [0.29, 0.717) is 0 Å². The largest absolute Gasteiger partial charge is 0.432 e. The van der Waals surface area contributed by atoms with Crippen LogP contribution in [0.4, 0.5) is 10.8 Å². The monoisotopic (exact) mass is 225 g/mol. The highest BCUT2D eigenvalue weighted by Crippen LogP contribution is 2.26. The van der Waals surface area contributed by atoms with Gasteiger partial charge in [-0.2, -0.15) is 0 Å². The number of carbonyl (C=O) groups is 1. The Bertz CT molecular complexity index is 333. The first-order chi connectivity index (χ1) is 7.83. The molecule has 1 aliphatic carbocycles. The Morgan fingerprint density at radius 1 is 1.50 bits per heavy atom. The van der Waals surface area contributed by atoms with Crippen molar-refractivity contribution in [3.63, 3.8) is 0 Å². The number of nitrogens with zero attached hydrogens (tertiary/aromatic N) is 2. The van der Waals surface area contributed by atoms with Gasteiger partial charge < -0.3 is 4.42 Å². The van der Waals surface area contributed by atoms with Gasteiger partial charge in [0.25, 0.3) is 0 Å². The molecule has 0 radical (unpaired) electrons. The molecule has 2 N–H and O–H groups in total. The summed E-state index contributed by atoms with van der Waals surface area (Å²) < 4.78 is 5.11. The Labute approximate surface area is 93.2 Å². The lowest BCUT2D eigenvalue weighted by atomic mass is 9.94. The molecule has 16 heavy (non-hydrogen) atoms. The van der Waals surface area contributed by atoms with Gasteiger partial charge in [0, 0.05) is 6.04 Å². The summed E-state index contributed by atoms with van der Waals surface area (Å²) >= 11 is 0. The number of rotatable bonds is 2. The maximum absolute atomic E-state index is 11.6. The maximum Gasteiger partial charge on any atom is 0.349 e. The number of carbonyl (C=O) groups excluding carboxylic acids is 1. The Balaban J connectivity index is 2.17. The summed E-state index contributed by atoms with van der Waals surface area (Å²) in [5.41, 5.74) is 1.64. The van der Waals surface area contributed by atoms with Gasteiger partial charge in [-0.1, -0.05) is 19.3 Å². The minimum atomic E-state index is -0.589. The molecule has 0 aliphatic heterocycles. The Hall–Kier alpha value is -1.56. The van der Waals surface area contributed by atoms with Crippen molar-refractivity contribution in [2.75, 3.05) is 4.90 Å². The zero-order valence-corrected chi connectivity index (χ0v) is 8.93. The van der Waals surface area contributed by atoms with Crippen LogP contribution in [0, 0.1) is 0 Å². The topological polar surface area (TPSA) is 78.6 Å². The molecule has 0 saturated heterocycles. The van der Waals surface area contributed by atoms with Crippen molar-refractivity contribution in [1.82, 2.24) is 10.5 Å². The molecular formula is C10H15N3O3. The van der Waals surface area contributed by atoms with Gasteiger partial charge in [-0.05, 0) is 12.8 Å². The van der Waals surface area contributed by atoms with Crippen LogP contribution in [0.3, 0.4) is 0 Å². The van der Waals surface area contributed by atoms with Crippen molar-refractivity contribution >= 4 is 12.0 Å². The van der Waals surface area contributed by atoms with Crippen molar-refractivity contribution in [1.29, 1.82) is 0 Å². The minimum absolute atomic E-state index is 0.0551. The fourth-order valence-corrected chi connectivity index (χ4v) is 2.14. The number of nitrogens with one attached hydrogen (secondary N) is 1. The number of aromatic nitrogens is 1. The number of amides is 2. The Kier molecular flexibility index (Phi) is 3.40. The quantitative estimate of drug-likeness (QED) is 0.595. The third kappa shape index (κ3) is 2.16. The second-order valence-electron chi connectivity index (χ2n) is 3.89. The highest BCUT2D eigenvalue weighted by Gasteiger charge is 2.29. The second kappa shape index (κ2) is 4.98. The van der Waals surface area contributed by atoms with E-state index >= 15 is 0 Å². The van der Waals surface area contributed by atoms with Crippen LogP contribution in [0.1, 0.15) is 32.1 Å². The molecule has 1 saturated carbocycles. The van der Waals surface area contributed by atoms with Crippen LogP contribution >= 0.6 is 0 Å². The third-order valence-electron chi connectivity index (χ3n) is 2.88. The van der Waals surface area contributed by atoms with Crippen LogP contribution in [0.2, 0.25) is 0 Å². The van der Waals surface area contributed by atoms with E-state index in [1.165, 1.54) is 23.8 Å². The molecule has 6 heteroatoms. The molecule has 0 unspecified atom stereocenters. The molecule has 1 heterocycles. The summed E-state index contributed by atoms with van der Waals surface area (Å²) in [7, 11) is 0. The molecule has 0 bridgehead atoms. The molecule has 2 rings (SSSR count). The maximum atomic E-state index is 11.6. The summed E-state index contributed by atoms with van der Waals surface area (Å²) in [5, 5.41) is 8.72. The number of hydrogen-bond donors (Lipinski definition) is 2. The average molecular weight is 225 g/mol. The lowest BCUT2D eigenvalue weighted by Gasteiger charge is -2.30. The average Bonchev–Trinajstić information content (AvgIpc) is 2.84. The van der Waals surface area contributed by atoms with Gasteiger partial charge in [0.2, 0.25) is 0 Å². The van der Waals surface area contributed by atoms with Gasteiger partial charge in [0.1, 0.15) is 6.26 Å². The molecule has 1 fully saturated rings. The summed E-state index contributed by atoms with van der Waals surface area (Å²) in [6.07, 6.45) is 8.08. The van der Waals surface area contributed by atoms with E-state index < -0.39 is 6.03 Å². The molecule has 0 atom stereocenters. The smallest absolute Gasteiger partial charge is 0.349 e. The molecule has 1 aromatic rings. The van der Waals surface area contributed by atoms with Crippen molar-refractivity contribution < 1.29 is 14.4 Å². The van der Waals surface area contributed by atoms with E-state index in [1.807, 2.05) is 0 Å². The first-order valence-electron chi connectivity index (χ1n) is 5.45. The first-order valence-corrected chi connectivity index (χ1v) is 5.45. The normalized spacial score (nSPS) is 17.1. The lowest BCUT2D eigenvalue weighted by Crippen LogP contribution is -2.46. The summed E-state index contributed by atoms with van der Waals surface area (Å²) in [5.74, 6) is 0.